The van der Waals surface area contributed by atoms with Crippen molar-refractivity contribution in [1.82, 2.24) is 15.5 Å². The summed E-state index contributed by atoms with van der Waals surface area (Å²) in [5.41, 5.74) is -2.26. The SMILES string of the molecule is CCCCCCCCN(CCC(=O)NC(C)(C)CS(=O)(=O)O)CCC(=O)NC(C)(C)CS(=O)(=O)O.[Na].[Na]. The second-order valence-electron chi connectivity index (χ2n) is 10.4. The van der Waals surface area contributed by atoms with Gasteiger partial charge in [-0.1, -0.05) is 39.0 Å². The normalized spacial score (nSPS) is 12.4. The van der Waals surface area contributed by atoms with Crippen molar-refractivity contribution in [2.75, 3.05) is 31.1 Å². The predicted octanol–water partition coefficient (Wildman–Crippen LogP) is 1.23. The first-order chi connectivity index (χ1) is 15.8. The third-order valence-corrected chi connectivity index (χ3v) is 7.35. The smallest absolute Gasteiger partial charge is 0.267 e. The Morgan fingerprint density at radius 2 is 1.03 bits per heavy atom. The zero-order valence-electron chi connectivity index (χ0n) is 23.8. The van der Waals surface area contributed by atoms with E-state index in [0.29, 0.717) is 19.6 Å². The quantitative estimate of drug-likeness (QED) is 0.0983. The summed E-state index contributed by atoms with van der Waals surface area (Å²) in [7, 11) is -8.50. The first-order valence-corrected chi connectivity index (χ1v) is 15.3. The molecular formula is C22H45N3Na2O8S2. The van der Waals surface area contributed by atoms with Gasteiger partial charge in [-0.05, 0) is 40.7 Å². The van der Waals surface area contributed by atoms with Crippen LogP contribution in [0.5, 0.6) is 0 Å². The molecule has 2 radical (unpaired) electrons. The molecule has 0 saturated carbocycles. The van der Waals surface area contributed by atoms with E-state index in [2.05, 4.69) is 17.6 Å². The summed E-state index contributed by atoms with van der Waals surface area (Å²) in [5, 5.41) is 5.22. The van der Waals surface area contributed by atoms with E-state index in [1.54, 1.807) is 0 Å². The number of hydrogen-bond donors (Lipinski definition) is 4. The van der Waals surface area contributed by atoms with Crippen molar-refractivity contribution < 1.29 is 35.5 Å². The summed E-state index contributed by atoms with van der Waals surface area (Å²) < 4.78 is 62.7. The Hall–Kier alpha value is 0.720. The van der Waals surface area contributed by atoms with Crippen LogP contribution in [0.1, 0.15) is 86.0 Å². The van der Waals surface area contributed by atoms with Gasteiger partial charge in [0, 0.05) is 85.0 Å². The van der Waals surface area contributed by atoms with E-state index < -0.39 is 42.8 Å². The first kappa shape index (κ1) is 42.2. The molecule has 15 heteroatoms. The minimum Gasteiger partial charge on any atom is -0.350 e. The molecule has 0 bridgehead atoms. The first-order valence-electron chi connectivity index (χ1n) is 12.1. The van der Waals surface area contributed by atoms with E-state index in [0.717, 1.165) is 32.1 Å². The number of carbonyl (C=O) groups is 2. The molecule has 0 aromatic rings. The van der Waals surface area contributed by atoms with Crippen LogP contribution < -0.4 is 10.6 Å². The number of unbranched alkanes of at least 4 members (excludes halogenated alkanes) is 5. The Labute approximate surface area is 268 Å². The van der Waals surface area contributed by atoms with Gasteiger partial charge in [0.15, 0.2) is 0 Å². The van der Waals surface area contributed by atoms with Crippen molar-refractivity contribution >= 4 is 91.2 Å². The second kappa shape index (κ2) is 19.7. The Kier molecular flexibility index (Phi) is 22.5. The number of nitrogens with zero attached hydrogens (tertiary/aromatic N) is 1. The van der Waals surface area contributed by atoms with Crippen molar-refractivity contribution in [2.45, 2.75) is 97.1 Å². The van der Waals surface area contributed by atoms with Gasteiger partial charge < -0.3 is 15.5 Å². The molecule has 0 heterocycles. The Bertz CT molecular complexity index is 818. The Balaban J connectivity index is -0.00000578. The summed E-state index contributed by atoms with van der Waals surface area (Å²) in [5.74, 6) is -1.95. The molecule has 0 saturated heterocycles. The number of rotatable bonds is 19. The predicted molar refractivity (Wildman–Crippen MR) is 148 cm³/mol. The molecule has 2 amide bonds. The maximum atomic E-state index is 12.4. The van der Waals surface area contributed by atoms with Crippen molar-refractivity contribution in [1.29, 1.82) is 0 Å². The maximum Gasteiger partial charge on any atom is 0.267 e. The number of amides is 2. The fourth-order valence-corrected chi connectivity index (χ4v) is 5.80. The van der Waals surface area contributed by atoms with Crippen LogP contribution in [-0.2, 0) is 29.8 Å². The molecule has 0 aliphatic rings. The van der Waals surface area contributed by atoms with Gasteiger partial charge in [0.1, 0.15) is 0 Å². The largest absolute Gasteiger partial charge is 0.350 e. The van der Waals surface area contributed by atoms with E-state index in [-0.39, 0.29) is 83.8 Å². The van der Waals surface area contributed by atoms with Crippen molar-refractivity contribution in [3.05, 3.63) is 0 Å². The van der Waals surface area contributed by atoms with Gasteiger partial charge in [-0.15, -0.1) is 0 Å². The molecule has 0 aliphatic carbocycles. The van der Waals surface area contributed by atoms with Crippen LogP contribution in [0.15, 0.2) is 0 Å². The molecule has 0 aliphatic heterocycles. The molecule has 0 aromatic heterocycles. The van der Waals surface area contributed by atoms with Gasteiger partial charge >= 0.3 is 0 Å². The molecule has 0 unspecified atom stereocenters. The van der Waals surface area contributed by atoms with E-state index >= 15 is 0 Å². The van der Waals surface area contributed by atoms with Crippen molar-refractivity contribution in [2.24, 2.45) is 0 Å². The molecule has 0 aromatic carbocycles. The molecule has 11 nitrogen and oxygen atoms in total. The van der Waals surface area contributed by atoms with Crippen LogP contribution in [0.25, 0.3) is 0 Å². The monoisotopic (exact) mass is 589 g/mol. The number of carbonyl (C=O) groups excluding carboxylic acids is 2. The van der Waals surface area contributed by atoms with Crippen LogP contribution in [0.4, 0.5) is 0 Å². The fourth-order valence-electron chi connectivity index (χ4n) is 3.83. The minimum atomic E-state index is -4.25. The number of nitrogens with one attached hydrogen (secondary N) is 2. The molecule has 0 atom stereocenters. The zero-order valence-corrected chi connectivity index (χ0v) is 29.4. The van der Waals surface area contributed by atoms with Crippen LogP contribution in [-0.4, -0.2) is 144 Å². The summed E-state index contributed by atoms with van der Waals surface area (Å²) in [6.07, 6.45) is 6.69. The summed E-state index contributed by atoms with van der Waals surface area (Å²) in [6, 6.07) is 0. The summed E-state index contributed by atoms with van der Waals surface area (Å²) >= 11 is 0. The van der Waals surface area contributed by atoms with Gasteiger partial charge in [-0.3, -0.25) is 18.7 Å². The van der Waals surface area contributed by atoms with E-state index in [1.165, 1.54) is 34.1 Å². The summed E-state index contributed by atoms with van der Waals surface area (Å²) in [4.78, 5) is 26.7. The second-order valence-corrected chi connectivity index (χ2v) is 13.3. The molecule has 210 valence electrons. The number of hydrogen-bond acceptors (Lipinski definition) is 7. The summed E-state index contributed by atoms with van der Waals surface area (Å²) in [6.45, 7) is 9.55. The standard InChI is InChI=1S/C22H45N3O8S2.2Na/c1-6-7-8-9-10-11-14-25(15-12-19(26)23-21(2,3)17-34(28,29)30)16-13-20(27)24-22(4,5)18-35(31,32)33;;/h6-18H2,1-5H3,(H,23,26)(H,24,27)(H,28,29,30)(H,31,32,33);;. The van der Waals surface area contributed by atoms with E-state index in [9.17, 15) is 26.4 Å². The van der Waals surface area contributed by atoms with Crippen molar-refractivity contribution in [3.8, 4) is 0 Å². The Morgan fingerprint density at radius 3 is 1.38 bits per heavy atom. The third kappa shape index (κ3) is 26.7. The minimum absolute atomic E-state index is 0. The van der Waals surface area contributed by atoms with Gasteiger partial charge in [-0.2, -0.15) is 16.8 Å². The van der Waals surface area contributed by atoms with E-state index in [1.807, 2.05) is 4.90 Å². The molecule has 0 spiro atoms. The fraction of sp³-hybridized carbons (Fsp3) is 0.909. The van der Waals surface area contributed by atoms with E-state index in [4.69, 9.17) is 9.11 Å². The molecular weight excluding hydrogens is 544 g/mol. The van der Waals surface area contributed by atoms with Crippen LogP contribution in [0.2, 0.25) is 0 Å². The van der Waals surface area contributed by atoms with Gasteiger partial charge in [0.05, 0.1) is 22.6 Å². The molecule has 4 N–H and O–H groups in total. The van der Waals surface area contributed by atoms with Gasteiger partial charge in [-0.25, -0.2) is 0 Å². The topological polar surface area (TPSA) is 170 Å². The van der Waals surface area contributed by atoms with Gasteiger partial charge in [0.2, 0.25) is 11.8 Å². The van der Waals surface area contributed by atoms with Crippen LogP contribution in [0.3, 0.4) is 0 Å². The van der Waals surface area contributed by atoms with Crippen molar-refractivity contribution in [3.63, 3.8) is 0 Å². The molecule has 37 heavy (non-hydrogen) atoms. The Morgan fingerprint density at radius 1 is 0.676 bits per heavy atom. The maximum absolute atomic E-state index is 12.4. The van der Waals surface area contributed by atoms with Crippen LogP contribution >= 0.6 is 0 Å². The van der Waals surface area contributed by atoms with Gasteiger partial charge in [0.25, 0.3) is 20.2 Å². The molecule has 0 fully saturated rings. The molecule has 0 rings (SSSR count). The average molecular weight is 590 g/mol. The average Bonchev–Trinajstić information content (AvgIpc) is 2.60. The van der Waals surface area contributed by atoms with Crippen LogP contribution in [0, 0.1) is 0 Å². The third-order valence-electron chi connectivity index (χ3n) is 5.18. The zero-order chi connectivity index (χ0) is 27.3.